The maximum Gasteiger partial charge on any atom is 0.221 e. The van der Waals surface area contributed by atoms with Gasteiger partial charge in [0.05, 0.1) is 0 Å². The number of nitrogens with zero attached hydrogens (tertiary/aromatic N) is 2. The molecule has 1 aromatic rings. The molecule has 0 fully saturated rings. The van der Waals surface area contributed by atoms with Crippen molar-refractivity contribution in [3.63, 3.8) is 0 Å². The number of halogens is 1. The first kappa shape index (κ1) is 13.7. The fourth-order valence-corrected chi connectivity index (χ4v) is 1.52. The fourth-order valence-electron chi connectivity index (χ4n) is 1.32. The second-order valence-electron chi connectivity index (χ2n) is 3.59. The molecule has 94 valence electrons. The van der Waals surface area contributed by atoms with Crippen LogP contribution < -0.4 is 10.6 Å². The Hall–Kier alpha value is -1.36. The van der Waals surface area contributed by atoms with Crippen molar-refractivity contribution in [2.75, 3.05) is 18.9 Å². The van der Waals surface area contributed by atoms with Crippen LogP contribution in [0.2, 0.25) is 5.15 Å². The highest BCUT2D eigenvalue weighted by Crippen LogP contribution is 2.12. The molecular weight excluding hydrogens is 240 g/mol. The Balaban J connectivity index is 2.55. The maximum atomic E-state index is 11.0. The van der Waals surface area contributed by atoms with E-state index in [4.69, 9.17) is 11.6 Å². The van der Waals surface area contributed by atoms with E-state index in [9.17, 15) is 4.79 Å². The van der Waals surface area contributed by atoms with E-state index in [1.54, 1.807) is 13.1 Å². The van der Waals surface area contributed by atoms with E-state index in [-0.39, 0.29) is 5.91 Å². The first-order valence-electron chi connectivity index (χ1n) is 5.63. The summed E-state index contributed by atoms with van der Waals surface area (Å²) < 4.78 is 0. The van der Waals surface area contributed by atoms with Gasteiger partial charge in [0, 0.05) is 32.5 Å². The molecule has 0 atom stereocenters. The summed E-state index contributed by atoms with van der Waals surface area (Å²) in [5.41, 5.74) is 0. The summed E-state index contributed by atoms with van der Waals surface area (Å²) >= 11 is 5.88. The first-order chi connectivity index (χ1) is 8.15. The lowest BCUT2D eigenvalue weighted by Crippen LogP contribution is -2.21. The molecule has 1 rings (SSSR count). The Morgan fingerprint density at radius 1 is 1.47 bits per heavy atom. The molecule has 2 N–H and O–H groups in total. The SMILES string of the molecule is CCCc1nc(Cl)cc(NCCC(=O)NC)n1. The van der Waals surface area contributed by atoms with E-state index in [0.717, 1.165) is 18.7 Å². The average molecular weight is 257 g/mol. The van der Waals surface area contributed by atoms with E-state index in [1.807, 2.05) is 0 Å². The monoisotopic (exact) mass is 256 g/mol. The molecule has 0 bridgehead atoms. The summed E-state index contributed by atoms with van der Waals surface area (Å²) in [6, 6.07) is 1.66. The molecule has 6 heteroatoms. The van der Waals surface area contributed by atoms with Crippen molar-refractivity contribution in [2.45, 2.75) is 26.2 Å². The molecule has 5 nitrogen and oxygen atoms in total. The summed E-state index contributed by atoms with van der Waals surface area (Å²) in [5, 5.41) is 6.03. The molecule has 0 radical (unpaired) electrons. The lowest BCUT2D eigenvalue weighted by molar-refractivity contribution is -0.120. The van der Waals surface area contributed by atoms with Gasteiger partial charge in [-0.3, -0.25) is 4.79 Å². The number of carbonyl (C=O) groups is 1. The van der Waals surface area contributed by atoms with Gasteiger partial charge in [0.25, 0.3) is 0 Å². The number of rotatable bonds is 6. The highest BCUT2D eigenvalue weighted by atomic mass is 35.5. The molecule has 0 aliphatic rings. The zero-order valence-electron chi connectivity index (χ0n) is 10.1. The molecule has 0 aliphatic carbocycles. The zero-order chi connectivity index (χ0) is 12.7. The molecule has 1 heterocycles. The van der Waals surface area contributed by atoms with Crippen LogP contribution in [0.3, 0.4) is 0 Å². The van der Waals surface area contributed by atoms with Gasteiger partial charge in [-0.15, -0.1) is 0 Å². The second-order valence-corrected chi connectivity index (χ2v) is 3.98. The van der Waals surface area contributed by atoms with Crippen molar-refractivity contribution in [3.8, 4) is 0 Å². The van der Waals surface area contributed by atoms with E-state index < -0.39 is 0 Å². The molecule has 0 spiro atoms. The number of hydrogen-bond acceptors (Lipinski definition) is 4. The van der Waals surface area contributed by atoms with Crippen molar-refractivity contribution in [2.24, 2.45) is 0 Å². The zero-order valence-corrected chi connectivity index (χ0v) is 10.8. The normalized spacial score (nSPS) is 10.1. The molecular formula is C11H17ClN4O. The molecule has 0 unspecified atom stereocenters. The Morgan fingerprint density at radius 3 is 2.88 bits per heavy atom. The minimum Gasteiger partial charge on any atom is -0.369 e. The van der Waals surface area contributed by atoms with Gasteiger partial charge in [-0.25, -0.2) is 9.97 Å². The summed E-state index contributed by atoms with van der Waals surface area (Å²) in [7, 11) is 1.61. The minimum absolute atomic E-state index is 0.00793. The van der Waals surface area contributed by atoms with Gasteiger partial charge in [-0.2, -0.15) is 0 Å². The first-order valence-corrected chi connectivity index (χ1v) is 6.01. The van der Waals surface area contributed by atoms with Crippen LogP contribution in [-0.2, 0) is 11.2 Å². The van der Waals surface area contributed by atoms with E-state index in [1.165, 1.54) is 0 Å². The van der Waals surface area contributed by atoms with Crippen LogP contribution in [0, 0.1) is 0 Å². The highest BCUT2D eigenvalue weighted by Gasteiger charge is 2.03. The lowest BCUT2D eigenvalue weighted by atomic mass is 10.3. The molecule has 1 amide bonds. The number of hydrogen-bond donors (Lipinski definition) is 2. The topological polar surface area (TPSA) is 66.9 Å². The number of aryl methyl sites for hydroxylation is 1. The summed E-state index contributed by atoms with van der Waals surface area (Å²) in [4.78, 5) is 19.5. The summed E-state index contributed by atoms with van der Waals surface area (Å²) in [6.45, 7) is 2.58. The van der Waals surface area contributed by atoms with E-state index in [0.29, 0.717) is 23.9 Å². The standard InChI is InChI=1S/C11H17ClN4O/c1-3-4-9-15-8(12)7-10(16-9)14-6-5-11(17)13-2/h7H,3-6H2,1-2H3,(H,13,17)(H,14,15,16). The van der Waals surface area contributed by atoms with E-state index in [2.05, 4.69) is 27.5 Å². The molecule has 0 aromatic carbocycles. The Bertz CT molecular complexity index is 384. The second kappa shape index (κ2) is 7.06. The number of anilines is 1. The minimum atomic E-state index is -0.00793. The third-order valence-electron chi connectivity index (χ3n) is 2.15. The van der Waals surface area contributed by atoms with Gasteiger partial charge < -0.3 is 10.6 Å². The van der Waals surface area contributed by atoms with Crippen LogP contribution in [0.1, 0.15) is 25.6 Å². The lowest BCUT2D eigenvalue weighted by Gasteiger charge is -2.07. The molecule has 17 heavy (non-hydrogen) atoms. The van der Waals surface area contributed by atoms with Crippen LogP contribution in [0.25, 0.3) is 0 Å². The summed E-state index contributed by atoms with van der Waals surface area (Å²) in [6.07, 6.45) is 2.17. The largest absolute Gasteiger partial charge is 0.369 e. The van der Waals surface area contributed by atoms with Gasteiger partial charge in [-0.05, 0) is 6.42 Å². The number of carbonyl (C=O) groups excluding carboxylic acids is 1. The number of aromatic nitrogens is 2. The van der Waals surface area contributed by atoms with Crippen LogP contribution >= 0.6 is 11.6 Å². The molecule has 0 saturated carbocycles. The predicted molar refractivity (Wildman–Crippen MR) is 68.2 cm³/mol. The average Bonchev–Trinajstić information content (AvgIpc) is 2.28. The summed E-state index contributed by atoms with van der Waals surface area (Å²) in [5.74, 6) is 1.38. The van der Waals surface area contributed by atoms with Crippen LogP contribution in [0.15, 0.2) is 6.07 Å². The Labute approximate surface area is 106 Å². The molecule has 0 aliphatic heterocycles. The van der Waals surface area contributed by atoms with Crippen molar-refractivity contribution >= 4 is 23.3 Å². The highest BCUT2D eigenvalue weighted by molar-refractivity contribution is 6.29. The quantitative estimate of drug-likeness (QED) is 0.760. The van der Waals surface area contributed by atoms with Crippen molar-refractivity contribution < 1.29 is 4.79 Å². The third-order valence-corrected chi connectivity index (χ3v) is 2.35. The van der Waals surface area contributed by atoms with Crippen LogP contribution in [0.5, 0.6) is 0 Å². The van der Waals surface area contributed by atoms with Crippen LogP contribution in [-0.4, -0.2) is 29.5 Å². The van der Waals surface area contributed by atoms with Crippen molar-refractivity contribution in [3.05, 3.63) is 17.0 Å². The maximum absolute atomic E-state index is 11.0. The van der Waals surface area contributed by atoms with Gasteiger partial charge in [0.1, 0.15) is 16.8 Å². The Kier molecular flexibility index (Phi) is 5.69. The molecule has 1 aromatic heterocycles. The van der Waals surface area contributed by atoms with Gasteiger partial charge in [-0.1, -0.05) is 18.5 Å². The van der Waals surface area contributed by atoms with E-state index >= 15 is 0 Å². The molecule has 0 saturated heterocycles. The smallest absolute Gasteiger partial charge is 0.221 e. The van der Waals surface area contributed by atoms with Gasteiger partial charge in [0.2, 0.25) is 5.91 Å². The number of amides is 1. The predicted octanol–water partition coefficient (Wildman–Crippen LogP) is 1.63. The van der Waals surface area contributed by atoms with Crippen molar-refractivity contribution in [1.29, 1.82) is 0 Å². The van der Waals surface area contributed by atoms with Gasteiger partial charge >= 0.3 is 0 Å². The van der Waals surface area contributed by atoms with Crippen LogP contribution in [0.4, 0.5) is 5.82 Å². The third kappa shape index (κ3) is 4.99. The fraction of sp³-hybridized carbons (Fsp3) is 0.545. The number of nitrogens with one attached hydrogen (secondary N) is 2. The van der Waals surface area contributed by atoms with Crippen molar-refractivity contribution in [1.82, 2.24) is 15.3 Å². The van der Waals surface area contributed by atoms with Gasteiger partial charge in [0.15, 0.2) is 0 Å². The Morgan fingerprint density at radius 2 is 2.24 bits per heavy atom.